The van der Waals surface area contributed by atoms with Crippen molar-refractivity contribution >= 4 is 5.82 Å². The molecule has 2 N–H and O–H groups in total. The van der Waals surface area contributed by atoms with Gasteiger partial charge >= 0.3 is 0 Å². The fraction of sp³-hybridized carbons (Fsp3) is 0.400. The molecular formula is C10H14N6O. The molecule has 0 aromatic carbocycles. The van der Waals surface area contributed by atoms with Crippen LogP contribution in [-0.2, 0) is 13.0 Å². The van der Waals surface area contributed by atoms with Crippen molar-refractivity contribution in [3.63, 3.8) is 0 Å². The van der Waals surface area contributed by atoms with E-state index in [0.29, 0.717) is 31.2 Å². The van der Waals surface area contributed by atoms with Crippen molar-refractivity contribution in [2.24, 2.45) is 0 Å². The predicted molar refractivity (Wildman–Crippen MR) is 62.7 cm³/mol. The number of aromatic nitrogens is 5. The van der Waals surface area contributed by atoms with Crippen molar-refractivity contribution in [2.75, 3.05) is 11.9 Å². The molecule has 2 rings (SSSR count). The Morgan fingerprint density at radius 1 is 1.53 bits per heavy atom. The van der Waals surface area contributed by atoms with Crippen molar-refractivity contribution in [1.82, 2.24) is 25.0 Å². The molecule has 17 heavy (non-hydrogen) atoms. The molecule has 0 atom stereocenters. The Morgan fingerprint density at radius 2 is 2.41 bits per heavy atom. The molecule has 0 aliphatic carbocycles. The SMILES string of the molecule is CCc1nc(NCCn2ccnn2)cc(=O)[nH]1. The van der Waals surface area contributed by atoms with Crippen molar-refractivity contribution < 1.29 is 0 Å². The van der Waals surface area contributed by atoms with Crippen LogP contribution in [0.1, 0.15) is 12.7 Å². The maximum atomic E-state index is 11.3. The normalized spacial score (nSPS) is 10.4. The highest BCUT2D eigenvalue weighted by Gasteiger charge is 1.99. The summed E-state index contributed by atoms with van der Waals surface area (Å²) in [5.41, 5.74) is -0.139. The van der Waals surface area contributed by atoms with Crippen LogP contribution >= 0.6 is 0 Å². The molecule has 0 fully saturated rings. The second kappa shape index (κ2) is 5.24. The molecule has 0 saturated heterocycles. The topological polar surface area (TPSA) is 88.5 Å². The zero-order valence-electron chi connectivity index (χ0n) is 9.55. The number of aromatic amines is 1. The Balaban J connectivity index is 1.94. The molecule has 90 valence electrons. The minimum absolute atomic E-state index is 0.139. The van der Waals surface area contributed by atoms with Gasteiger partial charge in [-0.2, -0.15) is 0 Å². The van der Waals surface area contributed by atoms with Crippen LogP contribution in [0.3, 0.4) is 0 Å². The van der Waals surface area contributed by atoms with E-state index in [0.717, 1.165) is 0 Å². The first-order valence-corrected chi connectivity index (χ1v) is 5.46. The lowest BCUT2D eigenvalue weighted by molar-refractivity contribution is 0.608. The van der Waals surface area contributed by atoms with Crippen LogP contribution in [0.4, 0.5) is 5.82 Å². The number of aryl methyl sites for hydroxylation is 1. The summed E-state index contributed by atoms with van der Waals surface area (Å²) < 4.78 is 1.71. The minimum Gasteiger partial charge on any atom is -0.368 e. The molecule has 0 aliphatic heterocycles. The summed E-state index contributed by atoms with van der Waals surface area (Å²) in [6, 6.07) is 1.44. The monoisotopic (exact) mass is 234 g/mol. The molecule has 2 aromatic heterocycles. The van der Waals surface area contributed by atoms with Crippen LogP contribution in [0.2, 0.25) is 0 Å². The molecule has 7 heteroatoms. The van der Waals surface area contributed by atoms with Crippen LogP contribution < -0.4 is 10.9 Å². The maximum Gasteiger partial charge on any atom is 0.252 e. The summed E-state index contributed by atoms with van der Waals surface area (Å²) in [6.07, 6.45) is 4.11. The summed E-state index contributed by atoms with van der Waals surface area (Å²) in [5.74, 6) is 1.27. The summed E-state index contributed by atoms with van der Waals surface area (Å²) in [4.78, 5) is 18.2. The largest absolute Gasteiger partial charge is 0.368 e. The van der Waals surface area contributed by atoms with E-state index in [9.17, 15) is 4.79 Å². The third-order valence-electron chi connectivity index (χ3n) is 2.24. The van der Waals surface area contributed by atoms with Gasteiger partial charge in [0.2, 0.25) is 0 Å². The first-order chi connectivity index (χ1) is 8.28. The average molecular weight is 234 g/mol. The van der Waals surface area contributed by atoms with Gasteiger partial charge in [0.05, 0.1) is 12.7 Å². The lowest BCUT2D eigenvalue weighted by Crippen LogP contribution is -2.16. The molecule has 2 heterocycles. The predicted octanol–water partition coefficient (Wildman–Crippen LogP) is 0.0359. The van der Waals surface area contributed by atoms with Crippen LogP contribution in [0.25, 0.3) is 0 Å². The van der Waals surface area contributed by atoms with E-state index < -0.39 is 0 Å². The fourth-order valence-corrected chi connectivity index (χ4v) is 1.42. The Morgan fingerprint density at radius 3 is 3.12 bits per heavy atom. The van der Waals surface area contributed by atoms with Gasteiger partial charge in [-0.15, -0.1) is 5.10 Å². The van der Waals surface area contributed by atoms with Gasteiger partial charge in [-0.3, -0.25) is 9.48 Å². The molecule has 0 spiro atoms. The van der Waals surface area contributed by atoms with Crippen molar-refractivity contribution in [3.05, 3.63) is 34.6 Å². The molecule has 0 amide bonds. The van der Waals surface area contributed by atoms with Crippen LogP contribution in [-0.4, -0.2) is 31.5 Å². The van der Waals surface area contributed by atoms with Gasteiger partial charge in [-0.25, -0.2) is 4.98 Å². The van der Waals surface area contributed by atoms with Gasteiger partial charge < -0.3 is 10.3 Å². The summed E-state index contributed by atoms with van der Waals surface area (Å²) >= 11 is 0. The Kier molecular flexibility index (Phi) is 3.49. The Labute approximate surface area is 97.9 Å². The molecule has 0 bridgehead atoms. The lowest BCUT2D eigenvalue weighted by atomic mass is 10.4. The van der Waals surface area contributed by atoms with Gasteiger partial charge in [0.15, 0.2) is 0 Å². The fourth-order valence-electron chi connectivity index (χ4n) is 1.42. The van der Waals surface area contributed by atoms with E-state index in [-0.39, 0.29) is 5.56 Å². The molecular weight excluding hydrogens is 220 g/mol. The zero-order valence-corrected chi connectivity index (χ0v) is 9.55. The number of H-pyrrole nitrogens is 1. The highest BCUT2D eigenvalue weighted by Crippen LogP contribution is 1.98. The van der Waals surface area contributed by atoms with E-state index in [2.05, 4.69) is 25.6 Å². The van der Waals surface area contributed by atoms with Crippen LogP contribution in [0, 0.1) is 0 Å². The second-order valence-corrected chi connectivity index (χ2v) is 3.52. The highest BCUT2D eigenvalue weighted by atomic mass is 16.1. The summed E-state index contributed by atoms with van der Waals surface area (Å²) in [5, 5.41) is 10.6. The Bertz CT molecular complexity index is 518. The lowest BCUT2D eigenvalue weighted by Gasteiger charge is -2.06. The van der Waals surface area contributed by atoms with E-state index in [1.807, 2.05) is 6.92 Å². The quantitative estimate of drug-likeness (QED) is 0.762. The number of hydrogen-bond donors (Lipinski definition) is 2. The van der Waals surface area contributed by atoms with Crippen LogP contribution in [0.5, 0.6) is 0 Å². The first kappa shape index (κ1) is 11.3. The molecule has 0 radical (unpaired) electrons. The van der Waals surface area contributed by atoms with E-state index in [1.165, 1.54) is 6.07 Å². The third-order valence-corrected chi connectivity index (χ3v) is 2.24. The number of nitrogens with one attached hydrogen (secondary N) is 2. The van der Waals surface area contributed by atoms with Crippen molar-refractivity contribution in [1.29, 1.82) is 0 Å². The zero-order chi connectivity index (χ0) is 12.1. The van der Waals surface area contributed by atoms with Gasteiger partial charge in [-0.1, -0.05) is 12.1 Å². The summed E-state index contributed by atoms with van der Waals surface area (Å²) in [7, 11) is 0. The molecule has 0 aliphatic rings. The third kappa shape index (κ3) is 3.13. The number of nitrogens with zero attached hydrogens (tertiary/aromatic N) is 4. The van der Waals surface area contributed by atoms with Gasteiger partial charge in [0.1, 0.15) is 11.6 Å². The minimum atomic E-state index is -0.139. The van der Waals surface area contributed by atoms with Crippen LogP contribution in [0.15, 0.2) is 23.3 Å². The molecule has 0 saturated carbocycles. The standard InChI is InChI=1S/C10H14N6O/c1-2-8-13-9(7-10(17)14-8)11-3-5-16-6-4-12-15-16/h4,6-7H,2-3,5H2,1H3,(H2,11,13,14,17). The van der Waals surface area contributed by atoms with Gasteiger partial charge in [0.25, 0.3) is 5.56 Å². The molecule has 0 unspecified atom stereocenters. The summed E-state index contributed by atoms with van der Waals surface area (Å²) in [6.45, 7) is 3.26. The highest BCUT2D eigenvalue weighted by molar-refractivity contribution is 5.32. The number of anilines is 1. The smallest absolute Gasteiger partial charge is 0.252 e. The molecule has 2 aromatic rings. The van der Waals surface area contributed by atoms with E-state index >= 15 is 0 Å². The van der Waals surface area contributed by atoms with Gasteiger partial charge in [-0.05, 0) is 0 Å². The average Bonchev–Trinajstić information content (AvgIpc) is 2.81. The van der Waals surface area contributed by atoms with Crippen molar-refractivity contribution in [2.45, 2.75) is 19.9 Å². The Hall–Kier alpha value is -2.18. The van der Waals surface area contributed by atoms with E-state index in [1.54, 1.807) is 17.1 Å². The second-order valence-electron chi connectivity index (χ2n) is 3.52. The molecule has 7 nitrogen and oxygen atoms in total. The maximum absolute atomic E-state index is 11.3. The number of rotatable bonds is 5. The van der Waals surface area contributed by atoms with E-state index in [4.69, 9.17) is 0 Å². The van der Waals surface area contributed by atoms with Gasteiger partial charge in [0, 0.05) is 25.2 Å². The first-order valence-electron chi connectivity index (χ1n) is 5.46. The van der Waals surface area contributed by atoms with Crippen molar-refractivity contribution in [3.8, 4) is 0 Å². The number of hydrogen-bond acceptors (Lipinski definition) is 5.